The molecule has 15 rings (SSSR count). The van der Waals surface area contributed by atoms with E-state index in [1.807, 2.05) is 170 Å². The smallest absolute Gasteiger partial charge is 0.155 e. The van der Waals surface area contributed by atoms with Crippen LogP contribution in [0, 0.1) is 41.5 Å². The number of hydrogen-bond donors (Lipinski definition) is 0. The minimum atomic E-state index is 0. The normalized spacial score (nSPS) is 9.93. The van der Waals surface area contributed by atoms with Gasteiger partial charge in [0.15, 0.2) is 11.5 Å². The van der Waals surface area contributed by atoms with Crippen LogP contribution in [0.3, 0.4) is 0 Å². The highest BCUT2D eigenvalue weighted by molar-refractivity contribution is 8.00. The van der Waals surface area contributed by atoms with E-state index in [2.05, 4.69) is 137 Å². The number of fused-ring (bicyclic) bond motifs is 6. The van der Waals surface area contributed by atoms with E-state index >= 15 is 0 Å². The number of thiophene rings is 6. The first-order chi connectivity index (χ1) is 49.6. The average Bonchev–Trinajstić information content (AvgIpc) is 1.58. The molecule has 16 heteroatoms. The van der Waals surface area contributed by atoms with Crippen molar-refractivity contribution in [3.8, 4) is 23.0 Å². The fourth-order valence-corrected chi connectivity index (χ4v) is 22.3. The molecule has 6 heterocycles. The Morgan fingerprint density at radius 2 is 0.472 bits per heavy atom. The van der Waals surface area contributed by atoms with Gasteiger partial charge in [0.05, 0.1) is 59.7 Å². The molecule has 0 unspecified atom stereocenters. The summed E-state index contributed by atoms with van der Waals surface area (Å²) in [4.78, 5) is 11.4. The second-order valence-corrected chi connectivity index (χ2v) is 33.1. The number of para-hydroxylation sites is 2. The van der Waals surface area contributed by atoms with Gasteiger partial charge in [-0.3, -0.25) is 0 Å². The third kappa shape index (κ3) is 22.6. The van der Waals surface area contributed by atoms with Crippen molar-refractivity contribution in [1.29, 1.82) is 0 Å². The van der Waals surface area contributed by atoms with Gasteiger partial charge in [0.2, 0.25) is 0 Å². The van der Waals surface area contributed by atoms with Crippen molar-refractivity contribution in [2.24, 2.45) is 0 Å². The highest BCUT2D eigenvalue weighted by Crippen LogP contribution is 2.59. The Balaban J connectivity index is 0.000000737. The molecule has 0 bridgehead atoms. The van der Waals surface area contributed by atoms with Gasteiger partial charge >= 0.3 is 0 Å². The number of rotatable bonds is 12. The summed E-state index contributed by atoms with van der Waals surface area (Å²) in [6.45, 7) is 36.4. The van der Waals surface area contributed by atoms with E-state index in [0.717, 1.165) is 106 Å². The molecule has 0 saturated heterocycles. The number of benzene rings is 9. The quantitative estimate of drug-likeness (QED) is 0.121. The van der Waals surface area contributed by atoms with E-state index < -0.39 is 0 Å². The predicted molar refractivity (Wildman–Crippen MR) is 511 cm³/mol. The first-order valence-corrected chi connectivity index (χ1v) is 43.4. The summed E-state index contributed by atoms with van der Waals surface area (Å²) in [6, 6.07) is 61.6. The first kappa shape index (κ1) is 101. The highest BCUT2D eigenvalue weighted by atomic mass is 35.5. The SMILES string of the molecule is C.C.C.C.C.C.CC.CC.CC.CC.CC.CC.Cc1sc2c(Cc3ccccc3)c3c(Cl)c(C)sc3c(Cc3ccccc3)c2c1Cl.Cc1sc2c(Oc3ccccc3)c3c(Cl)c(C)sc3c(Oc3ccccc3)c2c1Cl.Cc1sc2c(Sc3ccccc3)c3c(Cl)c(C)sc3c(Sc3ccccc3)c2c1Cl. The molecule has 0 saturated carbocycles. The van der Waals surface area contributed by atoms with Crippen LogP contribution in [-0.2, 0) is 12.8 Å². The summed E-state index contributed by atoms with van der Waals surface area (Å²) < 4.78 is 19.6. The van der Waals surface area contributed by atoms with Gasteiger partial charge in [-0.15, -0.1) is 68.0 Å². The largest absolute Gasteiger partial charge is 0.455 e. The molecule has 0 spiro atoms. The zero-order valence-electron chi connectivity index (χ0n) is 61.1. The lowest BCUT2D eigenvalue weighted by Crippen LogP contribution is -1.95. The summed E-state index contributed by atoms with van der Waals surface area (Å²) >= 11 is 55.0. The summed E-state index contributed by atoms with van der Waals surface area (Å²) in [7, 11) is 0. The summed E-state index contributed by atoms with van der Waals surface area (Å²) in [5.74, 6) is 2.94. The van der Waals surface area contributed by atoms with Gasteiger partial charge in [-0.1, -0.05) is 354 Å². The Morgan fingerprint density at radius 1 is 0.259 bits per heavy atom. The summed E-state index contributed by atoms with van der Waals surface area (Å²) in [5.41, 5.74) is 5.19. The monoisotopic (exact) mass is 1710 g/mol. The zero-order chi connectivity index (χ0) is 74.5. The van der Waals surface area contributed by atoms with E-state index in [1.54, 1.807) is 91.5 Å². The van der Waals surface area contributed by atoms with Gasteiger partial charge in [-0.05, 0) is 125 Å². The van der Waals surface area contributed by atoms with Gasteiger partial charge in [0.1, 0.15) is 11.5 Å². The molecule has 9 aromatic carbocycles. The number of hydrogen-bond acceptors (Lipinski definition) is 10. The minimum Gasteiger partial charge on any atom is -0.455 e. The molecule has 0 N–H and O–H groups in total. The Labute approximate surface area is 712 Å². The molecular weight excluding hydrogens is 1610 g/mol. The fourth-order valence-electron chi connectivity index (χ4n) is 11.0. The van der Waals surface area contributed by atoms with Gasteiger partial charge in [-0.25, -0.2) is 0 Å². The molecule has 0 atom stereocenters. The minimum absolute atomic E-state index is 0. The maximum atomic E-state index is 6.92. The molecule has 582 valence electrons. The molecule has 108 heavy (non-hydrogen) atoms. The van der Waals surface area contributed by atoms with Crippen LogP contribution in [-0.4, -0.2) is 0 Å². The number of aryl methyl sites for hydroxylation is 6. The molecule has 2 nitrogen and oxygen atoms in total. The van der Waals surface area contributed by atoms with E-state index in [9.17, 15) is 0 Å². The van der Waals surface area contributed by atoms with Crippen LogP contribution in [0.15, 0.2) is 202 Å². The van der Waals surface area contributed by atoms with Crippen LogP contribution in [0.5, 0.6) is 23.0 Å². The topological polar surface area (TPSA) is 18.5 Å². The van der Waals surface area contributed by atoms with E-state index in [1.165, 1.54) is 81.2 Å². The molecule has 15 aromatic rings. The Bertz CT molecular complexity index is 4300. The van der Waals surface area contributed by atoms with Crippen LogP contribution in [0.1, 0.15) is 179 Å². The third-order valence-electron chi connectivity index (χ3n) is 15.2. The number of halogens is 6. The predicted octanol–water partition coefficient (Wildman–Crippen LogP) is 39.2. The molecule has 0 aliphatic heterocycles. The lowest BCUT2D eigenvalue weighted by Gasteiger charge is -2.14. The van der Waals surface area contributed by atoms with Gasteiger partial charge in [0.25, 0.3) is 0 Å². The molecule has 0 aliphatic rings. The fraction of sp³-hybridized carbons (Fsp3) is 0.283. The van der Waals surface area contributed by atoms with Gasteiger partial charge < -0.3 is 9.47 Å². The second kappa shape index (κ2) is 49.3. The standard InChI is InChI=1S/C26H20Cl2S2.C24H16Cl2O2S2.C24H16Cl2S4.6C2H6.6CH4/c1-15-23(27)21-19(13-17-9-5-3-6-10-17)26-22(24(28)16(2)30-26)20(25(21)29-15)14-18-11-7-4-8-12-18;1-13-19(25)17-21(27-15-9-5-3-6-10-15)24-18(20(26)14(2)30-24)22(23(17)29-13)28-16-11-7-4-8-12-16;1-13-19(25)17-21(27-13)24(30-16-11-7-4-8-12-16)18-20(26)14(2)28-22(18)23(17)29-15-9-5-3-6-10-15;6*1-2;;;;;;/h3-12H,13-14H2,1-2H3;2*3-12H,1-2H3;6*1-2H3;6*1H4. The third-order valence-corrected chi connectivity index (χ3v) is 28.0. The van der Waals surface area contributed by atoms with Crippen LogP contribution in [0.2, 0.25) is 30.1 Å². The second-order valence-electron chi connectivity index (χ2n) is 21.3. The van der Waals surface area contributed by atoms with Crippen molar-refractivity contribution in [2.75, 3.05) is 0 Å². The highest BCUT2D eigenvalue weighted by Gasteiger charge is 2.29. The van der Waals surface area contributed by atoms with Crippen molar-refractivity contribution >= 4 is 222 Å². The van der Waals surface area contributed by atoms with Crippen molar-refractivity contribution in [2.45, 2.75) is 202 Å². The van der Waals surface area contributed by atoms with E-state index in [4.69, 9.17) is 79.1 Å². The molecule has 0 radical (unpaired) electrons. The molecule has 0 aliphatic carbocycles. The zero-order valence-corrected chi connectivity index (χ0v) is 72.2. The van der Waals surface area contributed by atoms with Crippen LogP contribution in [0.4, 0.5) is 0 Å². The van der Waals surface area contributed by atoms with Crippen LogP contribution < -0.4 is 9.47 Å². The lowest BCUT2D eigenvalue weighted by molar-refractivity contribution is 0.487. The summed E-state index contributed by atoms with van der Waals surface area (Å²) in [5, 5.41) is 11.3. The van der Waals surface area contributed by atoms with Crippen molar-refractivity contribution in [3.63, 3.8) is 0 Å². The van der Waals surface area contributed by atoms with Crippen molar-refractivity contribution < 1.29 is 9.47 Å². The van der Waals surface area contributed by atoms with Crippen molar-refractivity contribution in [1.82, 2.24) is 0 Å². The molecule has 0 amide bonds. The Kier molecular flexibility index (Phi) is 46.0. The molecule has 0 fully saturated rings. The van der Waals surface area contributed by atoms with E-state index in [-0.39, 0.29) is 44.6 Å². The lowest BCUT2D eigenvalue weighted by atomic mass is 9.94. The molecule has 6 aromatic heterocycles. The maximum absolute atomic E-state index is 6.92. The average molecular weight is 1720 g/mol. The van der Waals surface area contributed by atoms with Gasteiger partial charge in [0, 0.05) is 79.8 Å². The summed E-state index contributed by atoms with van der Waals surface area (Å²) in [6.07, 6.45) is 1.71. The first-order valence-electron chi connectivity index (χ1n) is 34.6. The number of ether oxygens (including phenoxy) is 2. The maximum Gasteiger partial charge on any atom is 0.155 e. The molecular formula is C92H112Cl6O2S8. The Hall–Kier alpha value is -5.22. The van der Waals surface area contributed by atoms with Gasteiger partial charge in [-0.2, -0.15) is 0 Å². The van der Waals surface area contributed by atoms with Crippen LogP contribution >= 0.6 is 161 Å². The Morgan fingerprint density at radius 3 is 0.741 bits per heavy atom. The van der Waals surface area contributed by atoms with Crippen molar-refractivity contribution in [3.05, 3.63) is 264 Å². The van der Waals surface area contributed by atoms with Crippen LogP contribution in [0.25, 0.3) is 60.5 Å². The van der Waals surface area contributed by atoms with E-state index in [0.29, 0.717) is 10.0 Å².